The van der Waals surface area contributed by atoms with Crippen molar-refractivity contribution in [3.63, 3.8) is 0 Å². The molecule has 1 aliphatic carbocycles. The van der Waals surface area contributed by atoms with Crippen molar-refractivity contribution >= 4 is 22.8 Å². The van der Waals surface area contributed by atoms with Gasteiger partial charge in [-0.3, -0.25) is 4.79 Å². The number of aryl methyl sites for hydroxylation is 1. The van der Waals surface area contributed by atoms with Crippen LogP contribution in [-0.4, -0.2) is 27.4 Å². The average molecular weight is 452 g/mol. The number of nitrogens with zero attached hydrogens (tertiary/aromatic N) is 2. The number of nitrogens with one attached hydrogen (secondary N) is 3. The Morgan fingerprint density at radius 1 is 1.03 bits per heavy atom. The number of carbonyl (C=O) groups excluding carboxylic acids is 1. The zero-order chi connectivity index (χ0) is 23.5. The molecule has 0 atom stereocenters. The van der Waals surface area contributed by atoms with Crippen LogP contribution in [0.25, 0.3) is 22.6 Å². The lowest BCUT2D eigenvalue weighted by atomic mass is 9.91. The van der Waals surface area contributed by atoms with Crippen molar-refractivity contribution in [2.75, 3.05) is 11.9 Å². The number of aromatic amines is 1. The van der Waals surface area contributed by atoms with Crippen LogP contribution in [0.2, 0.25) is 0 Å². The summed E-state index contributed by atoms with van der Waals surface area (Å²) >= 11 is 0. The van der Waals surface area contributed by atoms with Gasteiger partial charge in [0, 0.05) is 29.7 Å². The van der Waals surface area contributed by atoms with E-state index in [0.29, 0.717) is 29.1 Å². The zero-order valence-electron chi connectivity index (χ0n) is 19.6. The van der Waals surface area contributed by atoms with E-state index in [1.807, 2.05) is 31.2 Å². The molecule has 1 saturated carbocycles. The van der Waals surface area contributed by atoms with Gasteiger partial charge < -0.3 is 15.6 Å². The monoisotopic (exact) mass is 451 g/mol. The van der Waals surface area contributed by atoms with Crippen LogP contribution in [0.15, 0.2) is 72.1 Å². The number of rotatable bonds is 7. The van der Waals surface area contributed by atoms with Crippen molar-refractivity contribution in [1.82, 2.24) is 20.3 Å². The number of carbonyl (C=O) groups is 1. The number of hydrogen-bond acceptors (Lipinski definition) is 4. The number of H-pyrrole nitrogens is 1. The third-order valence-corrected chi connectivity index (χ3v) is 6.43. The molecule has 0 unspecified atom stereocenters. The van der Waals surface area contributed by atoms with Crippen LogP contribution in [0.1, 0.15) is 47.7 Å². The first kappa shape index (κ1) is 21.9. The Balaban J connectivity index is 1.21. The van der Waals surface area contributed by atoms with E-state index in [1.54, 1.807) is 12.3 Å². The van der Waals surface area contributed by atoms with E-state index in [1.165, 1.54) is 41.7 Å². The highest BCUT2D eigenvalue weighted by molar-refractivity contribution is 6.04. The second kappa shape index (κ2) is 9.51. The summed E-state index contributed by atoms with van der Waals surface area (Å²) in [5.74, 6) is 0.576. The highest BCUT2D eigenvalue weighted by atomic mass is 16.1. The van der Waals surface area contributed by atoms with Crippen LogP contribution < -0.4 is 10.6 Å². The maximum atomic E-state index is 12.9. The van der Waals surface area contributed by atoms with Gasteiger partial charge in [0.25, 0.3) is 5.91 Å². The second-order valence-corrected chi connectivity index (χ2v) is 8.92. The standard InChI is InChI=1S/C28H29N5O/c1-18-6-10-22(11-7-18)26-32-25-24(15-17-29-27(25)33-26)28(34)30-16-14-20-8-12-23(13-9-20)31-19(2)21-4-3-5-21/h6-13,15,17,31H,3-5,14,16H2,1-2H3,(H,30,34)(H,29,32,33). The van der Waals surface area contributed by atoms with E-state index in [0.717, 1.165) is 17.7 Å². The molecule has 2 aromatic heterocycles. The summed E-state index contributed by atoms with van der Waals surface area (Å²) in [5, 5.41) is 6.53. The summed E-state index contributed by atoms with van der Waals surface area (Å²) in [6.07, 6.45) is 6.12. The fourth-order valence-corrected chi connectivity index (χ4v) is 4.15. The molecule has 1 aliphatic rings. The minimum Gasteiger partial charge on any atom is -0.359 e. The number of aromatic nitrogens is 3. The van der Waals surface area contributed by atoms with Crippen molar-refractivity contribution in [1.29, 1.82) is 0 Å². The van der Waals surface area contributed by atoms with Gasteiger partial charge in [-0.05, 0) is 63.3 Å². The Morgan fingerprint density at radius 3 is 2.50 bits per heavy atom. The highest BCUT2D eigenvalue weighted by Crippen LogP contribution is 2.29. The topological polar surface area (TPSA) is 82.7 Å². The van der Waals surface area contributed by atoms with Crippen LogP contribution >= 0.6 is 0 Å². The number of hydrogen-bond donors (Lipinski definition) is 3. The van der Waals surface area contributed by atoms with E-state index in [9.17, 15) is 4.79 Å². The van der Waals surface area contributed by atoms with E-state index < -0.39 is 0 Å². The maximum Gasteiger partial charge on any atom is 0.253 e. The Kier molecular flexibility index (Phi) is 6.12. The van der Waals surface area contributed by atoms with Crippen LogP contribution in [-0.2, 0) is 6.42 Å². The molecule has 0 radical (unpaired) electrons. The summed E-state index contributed by atoms with van der Waals surface area (Å²) in [5.41, 5.74) is 8.99. The smallest absolute Gasteiger partial charge is 0.253 e. The van der Waals surface area contributed by atoms with E-state index in [4.69, 9.17) is 0 Å². The molecule has 0 aliphatic heterocycles. The van der Waals surface area contributed by atoms with Gasteiger partial charge in [-0.2, -0.15) is 0 Å². The Labute approximate surface area is 199 Å². The molecule has 6 heteroatoms. The normalized spacial score (nSPS) is 12.9. The molecular weight excluding hydrogens is 422 g/mol. The van der Waals surface area contributed by atoms with Gasteiger partial charge in [0.05, 0.1) is 11.1 Å². The van der Waals surface area contributed by atoms with E-state index in [-0.39, 0.29) is 5.91 Å². The Morgan fingerprint density at radius 2 is 1.79 bits per heavy atom. The van der Waals surface area contributed by atoms with Crippen molar-refractivity contribution in [2.24, 2.45) is 0 Å². The average Bonchev–Trinajstić information content (AvgIpc) is 3.24. The van der Waals surface area contributed by atoms with Gasteiger partial charge in [0.15, 0.2) is 5.65 Å². The van der Waals surface area contributed by atoms with Crippen LogP contribution in [0.4, 0.5) is 5.69 Å². The van der Waals surface area contributed by atoms with Crippen molar-refractivity contribution < 1.29 is 4.79 Å². The summed E-state index contributed by atoms with van der Waals surface area (Å²) in [7, 11) is 0. The number of amides is 1. The summed E-state index contributed by atoms with van der Waals surface area (Å²) in [6, 6.07) is 18.3. The van der Waals surface area contributed by atoms with Gasteiger partial charge in [-0.25, -0.2) is 9.97 Å². The number of imidazole rings is 1. The predicted octanol–water partition coefficient (Wildman–Crippen LogP) is 5.78. The molecule has 1 fully saturated rings. The first-order valence-electron chi connectivity index (χ1n) is 11.8. The molecule has 0 bridgehead atoms. The number of pyridine rings is 1. The number of fused-ring (bicyclic) bond motifs is 1. The van der Waals surface area contributed by atoms with Gasteiger partial charge in [-0.1, -0.05) is 47.5 Å². The van der Waals surface area contributed by atoms with Gasteiger partial charge in [0.2, 0.25) is 0 Å². The molecule has 4 aromatic rings. The largest absolute Gasteiger partial charge is 0.359 e. The van der Waals surface area contributed by atoms with Gasteiger partial charge in [-0.15, -0.1) is 0 Å². The second-order valence-electron chi connectivity index (χ2n) is 8.92. The molecule has 34 heavy (non-hydrogen) atoms. The van der Waals surface area contributed by atoms with Crippen LogP contribution in [0.3, 0.4) is 0 Å². The molecule has 5 rings (SSSR count). The summed E-state index contributed by atoms with van der Waals surface area (Å²) in [6.45, 7) is 4.75. The number of anilines is 1. The molecule has 1 amide bonds. The number of benzene rings is 2. The lowest BCUT2D eigenvalue weighted by Crippen LogP contribution is -2.26. The molecule has 0 saturated heterocycles. The van der Waals surface area contributed by atoms with Crippen molar-refractivity contribution in [3.8, 4) is 11.4 Å². The molecule has 3 N–H and O–H groups in total. The van der Waals surface area contributed by atoms with Crippen LogP contribution in [0, 0.1) is 6.92 Å². The third kappa shape index (κ3) is 4.71. The van der Waals surface area contributed by atoms with Crippen molar-refractivity contribution in [3.05, 3.63) is 88.8 Å². The Hall–Kier alpha value is -3.93. The maximum absolute atomic E-state index is 12.9. The van der Waals surface area contributed by atoms with Gasteiger partial charge in [0.1, 0.15) is 5.82 Å². The van der Waals surface area contributed by atoms with E-state index in [2.05, 4.69) is 56.8 Å². The summed E-state index contributed by atoms with van der Waals surface area (Å²) in [4.78, 5) is 25.1. The quantitative estimate of drug-likeness (QED) is 0.333. The SMILES string of the molecule is CC(Nc1ccc(CCNC(=O)c2ccnc3nc(-c4ccc(C)cc4)[nH]c23)cc1)=C1CCC1. The fourth-order valence-electron chi connectivity index (χ4n) is 4.15. The molecule has 172 valence electrons. The zero-order valence-corrected chi connectivity index (χ0v) is 19.6. The first-order valence-corrected chi connectivity index (χ1v) is 11.8. The minimum atomic E-state index is -0.132. The predicted molar refractivity (Wildman–Crippen MR) is 137 cm³/mol. The minimum absolute atomic E-state index is 0.132. The number of allylic oxidation sites excluding steroid dienone is 2. The van der Waals surface area contributed by atoms with E-state index >= 15 is 0 Å². The third-order valence-electron chi connectivity index (χ3n) is 6.43. The lowest BCUT2D eigenvalue weighted by molar-refractivity contribution is 0.0955. The van der Waals surface area contributed by atoms with Gasteiger partial charge >= 0.3 is 0 Å². The molecular formula is C28H29N5O. The molecule has 6 nitrogen and oxygen atoms in total. The van der Waals surface area contributed by atoms with Crippen LogP contribution in [0.5, 0.6) is 0 Å². The van der Waals surface area contributed by atoms with Crippen molar-refractivity contribution in [2.45, 2.75) is 39.5 Å². The molecule has 0 spiro atoms. The highest BCUT2D eigenvalue weighted by Gasteiger charge is 2.15. The summed E-state index contributed by atoms with van der Waals surface area (Å²) < 4.78 is 0. The Bertz CT molecular complexity index is 1340. The lowest BCUT2D eigenvalue weighted by Gasteiger charge is -2.21. The molecule has 2 aromatic carbocycles. The fraction of sp³-hybridized carbons (Fsp3) is 0.250. The molecule has 2 heterocycles. The first-order chi connectivity index (χ1) is 16.6.